The zero-order valence-electron chi connectivity index (χ0n) is 20.1. The summed E-state index contributed by atoms with van der Waals surface area (Å²) in [6, 6.07) is 15.6. The van der Waals surface area contributed by atoms with Crippen molar-refractivity contribution in [3.05, 3.63) is 75.8 Å². The first-order chi connectivity index (χ1) is 16.4. The van der Waals surface area contributed by atoms with E-state index >= 15 is 0 Å². The van der Waals surface area contributed by atoms with E-state index in [1.807, 2.05) is 35.0 Å². The van der Waals surface area contributed by atoms with Crippen molar-refractivity contribution >= 4 is 16.6 Å². The van der Waals surface area contributed by atoms with Crippen LogP contribution < -0.4 is 15.2 Å². The molecule has 176 valence electrons. The Bertz CT molecular complexity index is 1390. The predicted octanol–water partition coefficient (Wildman–Crippen LogP) is 4.21. The van der Waals surface area contributed by atoms with Crippen molar-refractivity contribution in [2.45, 2.75) is 51.6 Å². The molecule has 0 bridgehead atoms. The number of fused-ring (bicyclic) bond motifs is 2. The highest BCUT2D eigenvalue weighted by Gasteiger charge is 2.36. The number of methoxy groups -OCH3 is 1. The van der Waals surface area contributed by atoms with Gasteiger partial charge in [-0.2, -0.15) is 0 Å². The number of H-pyrrole nitrogens is 1. The second-order valence-corrected chi connectivity index (χ2v) is 9.45. The van der Waals surface area contributed by atoms with Crippen LogP contribution in [0.25, 0.3) is 10.9 Å². The summed E-state index contributed by atoms with van der Waals surface area (Å²) in [4.78, 5) is 18.9. The van der Waals surface area contributed by atoms with Gasteiger partial charge in [0.2, 0.25) is 0 Å². The van der Waals surface area contributed by atoms with E-state index in [-0.39, 0.29) is 11.1 Å². The zero-order valence-corrected chi connectivity index (χ0v) is 20.1. The van der Waals surface area contributed by atoms with Gasteiger partial charge in [0.15, 0.2) is 5.82 Å². The zero-order chi connectivity index (χ0) is 23.9. The fourth-order valence-corrected chi connectivity index (χ4v) is 4.75. The number of nitrogens with one attached hydrogen (secondary N) is 1. The molecule has 1 N–H and O–H groups in total. The van der Waals surface area contributed by atoms with Crippen LogP contribution in [0.1, 0.15) is 56.6 Å². The fraction of sp³-hybridized carbons (Fsp3) is 0.385. The van der Waals surface area contributed by atoms with Gasteiger partial charge in [0.1, 0.15) is 11.8 Å². The third-order valence-electron chi connectivity index (χ3n) is 7.01. The molecule has 8 heteroatoms. The van der Waals surface area contributed by atoms with Gasteiger partial charge < -0.3 is 14.6 Å². The summed E-state index contributed by atoms with van der Waals surface area (Å²) in [6.07, 6.45) is 2.85. The van der Waals surface area contributed by atoms with Crippen molar-refractivity contribution in [3.8, 4) is 5.75 Å². The Labute approximate surface area is 198 Å². The Morgan fingerprint density at radius 1 is 1.18 bits per heavy atom. The number of anilines is 1. The second kappa shape index (κ2) is 8.59. The third kappa shape index (κ3) is 3.73. The first-order valence-corrected chi connectivity index (χ1v) is 11.8. The Hall–Kier alpha value is -3.68. The molecule has 1 aliphatic heterocycles. The van der Waals surface area contributed by atoms with Gasteiger partial charge in [-0.25, -0.2) is 4.68 Å². The van der Waals surface area contributed by atoms with Crippen molar-refractivity contribution in [3.63, 3.8) is 0 Å². The molecular weight excluding hydrogens is 428 g/mol. The first kappa shape index (κ1) is 22.1. The molecule has 3 heterocycles. The number of hydrogen-bond donors (Lipinski definition) is 1. The molecule has 2 aromatic heterocycles. The van der Waals surface area contributed by atoms with E-state index in [0.29, 0.717) is 11.4 Å². The van der Waals surface area contributed by atoms with Crippen LogP contribution in [0.3, 0.4) is 0 Å². The second-order valence-electron chi connectivity index (χ2n) is 9.45. The molecule has 8 nitrogen and oxygen atoms in total. The Morgan fingerprint density at radius 2 is 2.00 bits per heavy atom. The van der Waals surface area contributed by atoms with Gasteiger partial charge in [0.05, 0.1) is 12.6 Å². The number of benzene rings is 2. The van der Waals surface area contributed by atoms with Gasteiger partial charge in [-0.3, -0.25) is 4.79 Å². The quantitative estimate of drug-likeness (QED) is 0.466. The highest BCUT2D eigenvalue weighted by atomic mass is 16.5. The van der Waals surface area contributed by atoms with Crippen molar-refractivity contribution in [1.82, 2.24) is 25.2 Å². The van der Waals surface area contributed by atoms with E-state index in [0.717, 1.165) is 48.1 Å². The fourth-order valence-electron chi connectivity index (χ4n) is 4.75. The maximum atomic E-state index is 13.5. The molecule has 0 unspecified atom stereocenters. The van der Waals surface area contributed by atoms with E-state index in [4.69, 9.17) is 4.74 Å². The summed E-state index contributed by atoms with van der Waals surface area (Å²) in [6.45, 7) is 7.15. The lowest BCUT2D eigenvalue weighted by molar-refractivity contribution is 0.287. The predicted molar refractivity (Wildman–Crippen MR) is 133 cm³/mol. The van der Waals surface area contributed by atoms with Gasteiger partial charge in [0.25, 0.3) is 5.56 Å². The lowest BCUT2D eigenvalue weighted by Crippen LogP contribution is -2.40. The van der Waals surface area contributed by atoms with E-state index in [9.17, 15) is 4.79 Å². The molecule has 0 aliphatic carbocycles. The summed E-state index contributed by atoms with van der Waals surface area (Å²) in [5.41, 5.74) is 3.31. The van der Waals surface area contributed by atoms with Crippen LogP contribution in [-0.2, 0) is 12.0 Å². The molecule has 0 spiro atoms. The van der Waals surface area contributed by atoms with E-state index in [1.54, 1.807) is 7.11 Å². The monoisotopic (exact) mass is 458 g/mol. The molecule has 0 fully saturated rings. The maximum absolute atomic E-state index is 13.5. The summed E-state index contributed by atoms with van der Waals surface area (Å²) in [7, 11) is 1.64. The number of aromatic amines is 1. The molecule has 0 amide bonds. The Morgan fingerprint density at radius 3 is 2.79 bits per heavy atom. The van der Waals surface area contributed by atoms with Crippen LogP contribution in [0.5, 0.6) is 5.75 Å². The smallest absolute Gasteiger partial charge is 0.254 e. The lowest BCUT2D eigenvalue weighted by atomic mass is 9.95. The largest absolute Gasteiger partial charge is 0.497 e. The molecule has 0 saturated carbocycles. The van der Waals surface area contributed by atoms with Crippen LogP contribution >= 0.6 is 0 Å². The highest BCUT2D eigenvalue weighted by Crippen LogP contribution is 2.38. The van der Waals surface area contributed by atoms with Crippen molar-refractivity contribution in [2.24, 2.45) is 0 Å². The van der Waals surface area contributed by atoms with Crippen molar-refractivity contribution < 1.29 is 4.74 Å². The standard InChI is InChI=1S/C26H30N6O2/c1-5-26(2,3)32-24(28-29-30-32)23(31-14-8-10-17-9-6-7-11-22(17)31)20-16-18-15-19(34-4)12-13-21(18)27-25(20)33/h6-7,9,11-13,15-16,23H,5,8,10,14H2,1-4H3,(H,27,33)/t23-/m0/s1. The number of para-hydroxylation sites is 1. The van der Waals surface area contributed by atoms with Gasteiger partial charge in [-0.1, -0.05) is 25.1 Å². The molecule has 1 aliphatic rings. The Kier molecular flexibility index (Phi) is 5.59. The molecular formula is C26H30N6O2. The van der Waals surface area contributed by atoms with Gasteiger partial charge in [-0.05, 0) is 79.4 Å². The van der Waals surface area contributed by atoms with Crippen LogP contribution in [0.2, 0.25) is 0 Å². The van der Waals surface area contributed by atoms with Gasteiger partial charge in [0, 0.05) is 28.7 Å². The molecule has 5 rings (SSSR count). The first-order valence-electron chi connectivity index (χ1n) is 11.8. The number of nitrogens with zero attached hydrogens (tertiary/aromatic N) is 5. The number of pyridine rings is 1. The number of ether oxygens (including phenoxy) is 1. The molecule has 0 saturated heterocycles. The molecule has 34 heavy (non-hydrogen) atoms. The van der Waals surface area contributed by atoms with Crippen molar-refractivity contribution in [2.75, 3.05) is 18.6 Å². The van der Waals surface area contributed by atoms with Crippen LogP contribution in [0.15, 0.2) is 53.3 Å². The normalized spacial score (nSPS) is 14.8. The number of rotatable bonds is 6. The topological polar surface area (TPSA) is 88.9 Å². The van der Waals surface area contributed by atoms with Crippen LogP contribution in [-0.4, -0.2) is 38.8 Å². The third-order valence-corrected chi connectivity index (χ3v) is 7.01. The summed E-state index contributed by atoms with van der Waals surface area (Å²) in [5, 5.41) is 13.8. The minimum Gasteiger partial charge on any atom is -0.497 e. The molecule has 0 radical (unpaired) electrons. The number of hydrogen-bond acceptors (Lipinski definition) is 6. The summed E-state index contributed by atoms with van der Waals surface area (Å²) < 4.78 is 7.31. The van der Waals surface area contributed by atoms with E-state index in [1.165, 1.54) is 5.56 Å². The number of aromatic nitrogens is 5. The average Bonchev–Trinajstić information content (AvgIpc) is 3.35. The van der Waals surface area contributed by atoms with Crippen LogP contribution in [0, 0.1) is 0 Å². The Balaban J connectivity index is 1.77. The average molecular weight is 459 g/mol. The van der Waals surface area contributed by atoms with Gasteiger partial charge in [-0.15, -0.1) is 5.10 Å². The number of aryl methyl sites for hydroxylation is 1. The lowest BCUT2D eigenvalue weighted by Gasteiger charge is -2.38. The molecule has 1 atom stereocenters. The summed E-state index contributed by atoms with van der Waals surface area (Å²) in [5.74, 6) is 1.40. The van der Waals surface area contributed by atoms with E-state index in [2.05, 4.69) is 64.4 Å². The molecule has 2 aromatic carbocycles. The molecule has 4 aromatic rings. The number of tetrazole rings is 1. The highest BCUT2D eigenvalue weighted by molar-refractivity contribution is 5.81. The van der Waals surface area contributed by atoms with Crippen LogP contribution in [0.4, 0.5) is 5.69 Å². The maximum Gasteiger partial charge on any atom is 0.254 e. The minimum atomic E-state index is -0.443. The minimum absolute atomic E-state index is 0.144. The van der Waals surface area contributed by atoms with Gasteiger partial charge >= 0.3 is 0 Å². The van der Waals surface area contributed by atoms with Crippen molar-refractivity contribution in [1.29, 1.82) is 0 Å². The van der Waals surface area contributed by atoms with E-state index < -0.39 is 6.04 Å². The summed E-state index contributed by atoms with van der Waals surface area (Å²) >= 11 is 0. The SMILES string of the molecule is CCC(C)(C)n1nnnc1[C@H](c1cc2cc(OC)ccc2[nH]c1=O)N1CCCc2ccccc21.